The van der Waals surface area contributed by atoms with Crippen molar-refractivity contribution < 1.29 is 5.11 Å². The third kappa shape index (κ3) is 2.35. The van der Waals surface area contributed by atoms with Crippen LogP contribution in [0, 0.1) is 0 Å². The van der Waals surface area contributed by atoms with Gasteiger partial charge in [-0.2, -0.15) is 0 Å². The molecular weight excluding hydrogens is 248 g/mol. The summed E-state index contributed by atoms with van der Waals surface area (Å²) in [4.78, 5) is 5.34. The van der Waals surface area contributed by atoms with E-state index in [0.717, 1.165) is 17.3 Å². The Kier molecular flexibility index (Phi) is 3.11. The number of anilines is 1. The second-order valence-electron chi connectivity index (χ2n) is 5.28. The highest BCUT2D eigenvalue weighted by atomic mass is 16.3. The first kappa shape index (κ1) is 12.6. The maximum Gasteiger partial charge on any atom is 0.116 e. The van der Waals surface area contributed by atoms with Gasteiger partial charge < -0.3 is 15.0 Å². The Labute approximate surface area is 118 Å². The first-order valence-electron chi connectivity index (χ1n) is 6.69. The summed E-state index contributed by atoms with van der Waals surface area (Å²) in [5, 5.41) is 10.7. The van der Waals surface area contributed by atoms with E-state index >= 15 is 0 Å². The summed E-state index contributed by atoms with van der Waals surface area (Å²) in [7, 11) is 4.08. The van der Waals surface area contributed by atoms with E-state index in [2.05, 4.69) is 34.1 Å². The molecule has 0 bridgehead atoms. The van der Waals surface area contributed by atoms with Crippen molar-refractivity contribution in [2.75, 3.05) is 19.0 Å². The molecule has 0 spiro atoms. The Balaban J connectivity index is 1.91. The Morgan fingerprint density at radius 3 is 2.50 bits per heavy atom. The largest absolute Gasteiger partial charge is 0.508 e. The number of phenols is 1. The van der Waals surface area contributed by atoms with Crippen molar-refractivity contribution in [2.24, 2.45) is 0 Å². The van der Waals surface area contributed by atoms with E-state index in [1.165, 1.54) is 16.8 Å². The first-order chi connectivity index (χ1) is 9.63. The Morgan fingerprint density at radius 1 is 1.05 bits per heavy atom. The number of fused-ring (bicyclic) bond motifs is 1. The lowest BCUT2D eigenvalue weighted by Gasteiger charge is -2.12. The molecule has 0 amide bonds. The zero-order valence-corrected chi connectivity index (χ0v) is 11.7. The zero-order valence-electron chi connectivity index (χ0n) is 11.7. The molecule has 1 aromatic heterocycles. The molecule has 3 heteroatoms. The number of benzene rings is 2. The van der Waals surface area contributed by atoms with E-state index in [4.69, 9.17) is 0 Å². The van der Waals surface area contributed by atoms with Crippen LogP contribution in [0.1, 0.15) is 11.1 Å². The van der Waals surface area contributed by atoms with Gasteiger partial charge in [0, 0.05) is 36.9 Å². The summed E-state index contributed by atoms with van der Waals surface area (Å²) in [6, 6.07) is 14.0. The predicted molar refractivity (Wildman–Crippen MR) is 83.5 cm³/mol. The van der Waals surface area contributed by atoms with Gasteiger partial charge >= 0.3 is 0 Å². The first-order valence-corrected chi connectivity index (χ1v) is 6.69. The Morgan fingerprint density at radius 2 is 1.80 bits per heavy atom. The average Bonchev–Trinajstić information content (AvgIpc) is 2.82. The van der Waals surface area contributed by atoms with Gasteiger partial charge in [-0.3, -0.25) is 0 Å². The van der Waals surface area contributed by atoms with Gasteiger partial charge in [0.2, 0.25) is 0 Å². The number of aromatic amines is 1. The molecule has 0 unspecified atom stereocenters. The SMILES string of the molecule is CN(C)c1ccc(Cc2c[nH]c3ccc(O)cc23)cc1. The summed E-state index contributed by atoms with van der Waals surface area (Å²) in [5.41, 5.74) is 4.72. The molecule has 102 valence electrons. The van der Waals surface area contributed by atoms with Crippen molar-refractivity contribution in [3.05, 3.63) is 59.8 Å². The van der Waals surface area contributed by atoms with Crippen LogP contribution in [0.5, 0.6) is 5.75 Å². The van der Waals surface area contributed by atoms with Crippen LogP contribution in [-0.2, 0) is 6.42 Å². The molecule has 0 aliphatic carbocycles. The summed E-state index contributed by atoms with van der Waals surface area (Å²) in [5.74, 6) is 0.307. The van der Waals surface area contributed by atoms with Crippen LogP contribution in [0.4, 0.5) is 5.69 Å². The number of aromatic nitrogens is 1. The van der Waals surface area contributed by atoms with Gasteiger partial charge in [-0.05, 0) is 47.9 Å². The fourth-order valence-corrected chi connectivity index (χ4v) is 2.44. The molecule has 2 aromatic carbocycles. The lowest BCUT2D eigenvalue weighted by molar-refractivity contribution is 0.476. The summed E-state index contributed by atoms with van der Waals surface area (Å²) in [6.45, 7) is 0. The van der Waals surface area contributed by atoms with Crippen LogP contribution < -0.4 is 4.90 Å². The molecular formula is C17H18N2O. The van der Waals surface area contributed by atoms with Crippen LogP contribution in [0.15, 0.2) is 48.7 Å². The summed E-state index contributed by atoms with van der Waals surface area (Å²) >= 11 is 0. The van der Waals surface area contributed by atoms with Gasteiger partial charge in [-0.1, -0.05) is 12.1 Å². The maximum atomic E-state index is 9.62. The van der Waals surface area contributed by atoms with Crippen molar-refractivity contribution in [1.82, 2.24) is 4.98 Å². The van der Waals surface area contributed by atoms with Gasteiger partial charge in [-0.15, -0.1) is 0 Å². The Bertz CT molecular complexity index is 726. The van der Waals surface area contributed by atoms with Crippen LogP contribution in [0.3, 0.4) is 0 Å². The molecule has 1 heterocycles. The lowest BCUT2D eigenvalue weighted by atomic mass is 10.0. The third-order valence-electron chi connectivity index (χ3n) is 3.60. The van der Waals surface area contributed by atoms with Crippen molar-refractivity contribution in [2.45, 2.75) is 6.42 Å². The number of aromatic hydroxyl groups is 1. The van der Waals surface area contributed by atoms with Crippen molar-refractivity contribution in [1.29, 1.82) is 0 Å². The van der Waals surface area contributed by atoms with Gasteiger partial charge in [0.05, 0.1) is 0 Å². The van der Waals surface area contributed by atoms with E-state index in [1.807, 2.05) is 32.4 Å². The van der Waals surface area contributed by atoms with Crippen LogP contribution in [0.2, 0.25) is 0 Å². The normalized spacial score (nSPS) is 10.9. The van der Waals surface area contributed by atoms with Gasteiger partial charge in [0.15, 0.2) is 0 Å². The van der Waals surface area contributed by atoms with Gasteiger partial charge in [-0.25, -0.2) is 0 Å². The van der Waals surface area contributed by atoms with E-state index in [9.17, 15) is 5.11 Å². The third-order valence-corrected chi connectivity index (χ3v) is 3.60. The van der Waals surface area contributed by atoms with Crippen molar-refractivity contribution in [3.8, 4) is 5.75 Å². The van der Waals surface area contributed by atoms with E-state index in [0.29, 0.717) is 5.75 Å². The van der Waals surface area contributed by atoms with Crippen LogP contribution >= 0.6 is 0 Å². The molecule has 3 nitrogen and oxygen atoms in total. The quantitative estimate of drug-likeness (QED) is 0.761. The molecule has 3 aromatic rings. The molecule has 0 aliphatic heterocycles. The number of phenolic OH excluding ortho intramolecular Hbond substituents is 1. The molecule has 0 fully saturated rings. The standard InChI is InChI=1S/C17H18N2O/c1-19(2)14-5-3-12(4-6-14)9-13-11-18-17-8-7-15(20)10-16(13)17/h3-8,10-11,18,20H,9H2,1-2H3. The number of hydrogen-bond donors (Lipinski definition) is 2. The van der Waals surface area contributed by atoms with Crippen LogP contribution in [-0.4, -0.2) is 24.2 Å². The minimum absolute atomic E-state index is 0.307. The molecule has 2 N–H and O–H groups in total. The van der Waals surface area contributed by atoms with E-state index in [1.54, 1.807) is 6.07 Å². The van der Waals surface area contributed by atoms with Gasteiger partial charge in [0.25, 0.3) is 0 Å². The number of nitrogens with one attached hydrogen (secondary N) is 1. The van der Waals surface area contributed by atoms with Crippen molar-refractivity contribution >= 4 is 16.6 Å². The minimum Gasteiger partial charge on any atom is -0.508 e. The van der Waals surface area contributed by atoms with E-state index in [-0.39, 0.29) is 0 Å². The fraction of sp³-hybridized carbons (Fsp3) is 0.176. The molecule has 0 radical (unpaired) electrons. The molecule has 0 saturated heterocycles. The molecule has 0 atom stereocenters. The van der Waals surface area contributed by atoms with Crippen LogP contribution in [0.25, 0.3) is 10.9 Å². The lowest BCUT2D eigenvalue weighted by Crippen LogP contribution is -2.08. The predicted octanol–water partition coefficient (Wildman–Crippen LogP) is 3.53. The summed E-state index contributed by atoms with van der Waals surface area (Å²) < 4.78 is 0. The number of rotatable bonds is 3. The second kappa shape index (κ2) is 4.93. The topological polar surface area (TPSA) is 39.3 Å². The zero-order chi connectivity index (χ0) is 14.1. The highest BCUT2D eigenvalue weighted by molar-refractivity contribution is 5.84. The number of hydrogen-bond acceptors (Lipinski definition) is 2. The van der Waals surface area contributed by atoms with Crippen molar-refractivity contribution in [3.63, 3.8) is 0 Å². The van der Waals surface area contributed by atoms with Gasteiger partial charge in [0.1, 0.15) is 5.75 Å². The fourth-order valence-electron chi connectivity index (χ4n) is 2.44. The minimum atomic E-state index is 0.307. The molecule has 3 rings (SSSR count). The summed E-state index contributed by atoms with van der Waals surface area (Å²) in [6.07, 6.45) is 2.88. The monoisotopic (exact) mass is 266 g/mol. The highest BCUT2D eigenvalue weighted by Gasteiger charge is 2.06. The Hall–Kier alpha value is -2.42. The van der Waals surface area contributed by atoms with E-state index < -0.39 is 0 Å². The molecule has 0 saturated carbocycles. The maximum absolute atomic E-state index is 9.62. The smallest absolute Gasteiger partial charge is 0.116 e. The average molecular weight is 266 g/mol. The molecule has 20 heavy (non-hydrogen) atoms. The highest BCUT2D eigenvalue weighted by Crippen LogP contribution is 2.25. The number of H-pyrrole nitrogens is 1. The number of nitrogens with zero attached hydrogens (tertiary/aromatic N) is 1. The molecule has 0 aliphatic rings. The second-order valence-corrected chi connectivity index (χ2v) is 5.28.